The molecule has 120 valence electrons. The molecule has 0 fully saturated rings. The summed E-state index contributed by atoms with van der Waals surface area (Å²) in [6.07, 6.45) is 0.415. The third-order valence-corrected chi connectivity index (χ3v) is 3.89. The van der Waals surface area contributed by atoms with E-state index in [9.17, 15) is 9.59 Å². The van der Waals surface area contributed by atoms with E-state index in [1.165, 1.54) is 5.56 Å². The summed E-state index contributed by atoms with van der Waals surface area (Å²) < 4.78 is 0. The smallest absolute Gasteiger partial charge is 0.224 e. The minimum Gasteiger partial charge on any atom is -0.326 e. The van der Waals surface area contributed by atoms with E-state index < -0.39 is 0 Å². The van der Waals surface area contributed by atoms with Crippen LogP contribution in [0.5, 0.6) is 0 Å². The number of aryl methyl sites for hydroxylation is 4. The van der Waals surface area contributed by atoms with Gasteiger partial charge in [-0.2, -0.15) is 0 Å². The number of ketones is 1. The number of amides is 1. The van der Waals surface area contributed by atoms with E-state index in [0.29, 0.717) is 5.56 Å². The summed E-state index contributed by atoms with van der Waals surface area (Å²) >= 11 is 0. The Bertz CT molecular complexity index is 707. The van der Waals surface area contributed by atoms with Gasteiger partial charge in [-0.15, -0.1) is 0 Å². The third-order valence-electron chi connectivity index (χ3n) is 3.89. The number of carbonyl (C=O) groups excluding carboxylic acids is 2. The molecule has 3 nitrogen and oxygen atoms in total. The Morgan fingerprint density at radius 1 is 0.826 bits per heavy atom. The van der Waals surface area contributed by atoms with Crippen LogP contribution in [0.25, 0.3) is 0 Å². The molecule has 0 aliphatic heterocycles. The summed E-state index contributed by atoms with van der Waals surface area (Å²) in [5.74, 6) is -0.127. The lowest BCUT2D eigenvalue weighted by molar-refractivity contribution is -0.116. The molecule has 0 heterocycles. The highest BCUT2D eigenvalue weighted by molar-refractivity contribution is 6.00. The van der Waals surface area contributed by atoms with E-state index in [1.54, 1.807) is 0 Å². The van der Waals surface area contributed by atoms with Gasteiger partial charge in [-0.05, 0) is 38.8 Å². The Labute approximate surface area is 137 Å². The number of carbonyl (C=O) groups is 2. The maximum atomic E-state index is 12.1. The molecule has 23 heavy (non-hydrogen) atoms. The summed E-state index contributed by atoms with van der Waals surface area (Å²) in [6, 6.07) is 11.5. The highest BCUT2D eigenvalue weighted by Gasteiger charge is 2.11. The zero-order chi connectivity index (χ0) is 17.0. The summed E-state index contributed by atoms with van der Waals surface area (Å²) in [6.45, 7) is 7.97. The first-order valence-corrected chi connectivity index (χ1v) is 7.84. The molecule has 0 radical (unpaired) electrons. The van der Waals surface area contributed by atoms with Gasteiger partial charge in [0.25, 0.3) is 0 Å². The molecule has 2 aromatic rings. The lowest BCUT2D eigenvalue weighted by Gasteiger charge is -2.12. The molecular formula is C20H23NO2. The minimum atomic E-state index is -0.125. The Balaban J connectivity index is 1.95. The van der Waals surface area contributed by atoms with E-state index in [-0.39, 0.29) is 24.5 Å². The van der Waals surface area contributed by atoms with Crippen LogP contribution in [-0.2, 0) is 4.79 Å². The van der Waals surface area contributed by atoms with E-state index in [2.05, 4.69) is 5.32 Å². The molecule has 0 spiro atoms. The first-order chi connectivity index (χ1) is 10.9. The van der Waals surface area contributed by atoms with Gasteiger partial charge in [0.05, 0.1) is 0 Å². The molecular weight excluding hydrogens is 286 g/mol. The third kappa shape index (κ3) is 4.52. The van der Waals surface area contributed by atoms with Crippen molar-refractivity contribution >= 4 is 17.4 Å². The monoisotopic (exact) mass is 309 g/mol. The molecule has 2 rings (SSSR count). The van der Waals surface area contributed by atoms with Gasteiger partial charge in [0, 0.05) is 24.1 Å². The number of anilines is 1. The highest BCUT2D eigenvalue weighted by atomic mass is 16.2. The summed E-state index contributed by atoms with van der Waals surface area (Å²) in [5, 5.41) is 2.93. The standard InChI is InChI=1S/C20H23NO2/c1-13-5-7-17(8-6-13)18(22)9-10-19(23)21-20-15(3)11-14(2)12-16(20)4/h5-8,11-12H,9-10H2,1-4H3,(H,21,23). The van der Waals surface area contributed by atoms with Crippen LogP contribution in [0.15, 0.2) is 36.4 Å². The number of benzene rings is 2. The van der Waals surface area contributed by atoms with Gasteiger partial charge in [0.15, 0.2) is 5.78 Å². The molecule has 1 amide bonds. The molecule has 0 aromatic heterocycles. The van der Waals surface area contributed by atoms with Crippen LogP contribution in [0.1, 0.15) is 45.5 Å². The van der Waals surface area contributed by atoms with E-state index in [0.717, 1.165) is 22.4 Å². The Kier molecular flexibility index (Phi) is 5.32. The Morgan fingerprint density at radius 2 is 1.39 bits per heavy atom. The SMILES string of the molecule is Cc1ccc(C(=O)CCC(=O)Nc2c(C)cc(C)cc2C)cc1. The fourth-order valence-electron chi connectivity index (χ4n) is 2.69. The van der Waals surface area contributed by atoms with Gasteiger partial charge in [-0.25, -0.2) is 0 Å². The average Bonchev–Trinajstić information content (AvgIpc) is 2.49. The predicted octanol–water partition coefficient (Wildman–Crippen LogP) is 4.52. The predicted molar refractivity (Wildman–Crippen MR) is 94.0 cm³/mol. The molecule has 2 aromatic carbocycles. The van der Waals surface area contributed by atoms with Crippen molar-refractivity contribution in [1.82, 2.24) is 0 Å². The van der Waals surface area contributed by atoms with Gasteiger partial charge in [0.1, 0.15) is 0 Å². The van der Waals surface area contributed by atoms with Crippen LogP contribution in [-0.4, -0.2) is 11.7 Å². The number of hydrogen-bond acceptors (Lipinski definition) is 2. The van der Waals surface area contributed by atoms with Gasteiger partial charge >= 0.3 is 0 Å². The lowest BCUT2D eigenvalue weighted by Crippen LogP contribution is -2.15. The van der Waals surface area contributed by atoms with Crippen LogP contribution in [0.2, 0.25) is 0 Å². The molecule has 0 unspecified atom stereocenters. The molecule has 1 N–H and O–H groups in total. The van der Waals surface area contributed by atoms with E-state index in [1.807, 2.05) is 64.1 Å². The molecule has 0 bridgehead atoms. The lowest BCUT2D eigenvalue weighted by atomic mass is 10.0. The molecule has 0 aliphatic carbocycles. The molecule has 3 heteroatoms. The largest absolute Gasteiger partial charge is 0.326 e. The minimum absolute atomic E-state index is 0.00231. The van der Waals surface area contributed by atoms with Crippen molar-refractivity contribution in [2.75, 3.05) is 5.32 Å². The van der Waals surface area contributed by atoms with Crippen LogP contribution in [0.3, 0.4) is 0 Å². The second-order valence-corrected chi connectivity index (χ2v) is 6.11. The van der Waals surface area contributed by atoms with Gasteiger partial charge < -0.3 is 5.32 Å². The quantitative estimate of drug-likeness (QED) is 0.825. The maximum Gasteiger partial charge on any atom is 0.224 e. The van der Waals surface area contributed by atoms with Crippen molar-refractivity contribution in [3.63, 3.8) is 0 Å². The molecule has 0 saturated heterocycles. The molecule has 0 saturated carbocycles. The maximum absolute atomic E-state index is 12.1. The van der Waals surface area contributed by atoms with Crippen LogP contribution in [0, 0.1) is 27.7 Å². The zero-order valence-corrected chi connectivity index (χ0v) is 14.2. The first-order valence-electron chi connectivity index (χ1n) is 7.84. The number of nitrogens with one attached hydrogen (secondary N) is 1. The first kappa shape index (κ1) is 16.9. The Hall–Kier alpha value is -2.42. The zero-order valence-electron chi connectivity index (χ0n) is 14.2. The topological polar surface area (TPSA) is 46.2 Å². The van der Waals surface area contributed by atoms with Crippen molar-refractivity contribution in [3.05, 3.63) is 64.2 Å². The fourth-order valence-corrected chi connectivity index (χ4v) is 2.69. The van der Waals surface area contributed by atoms with Crippen molar-refractivity contribution in [2.24, 2.45) is 0 Å². The second-order valence-electron chi connectivity index (χ2n) is 6.11. The van der Waals surface area contributed by atoms with Gasteiger partial charge in [0.2, 0.25) is 5.91 Å². The number of Topliss-reactive ketones (excluding diaryl/α,β-unsaturated/α-hetero) is 1. The molecule has 0 atom stereocenters. The van der Waals surface area contributed by atoms with Crippen molar-refractivity contribution in [2.45, 2.75) is 40.5 Å². The Morgan fingerprint density at radius 3 is 1.96 bits per heavy atom. The van der Waals surface area contributed by atoms with Crippen LogP contribution < -0.4 is 5.32 Å². The van der Waals surface area contributed by atoms with Crippen molar-refractivity contribution in [3.8, 4) is 0 Å². The second kappa shape index (κ2) is 7.23. The fraction of sp³-hybridized carbons (Fsp3) is 0.300. The summed E-state index contributed by atoms with van der Waals surface area (Å²) in [5.41, 5.74) is 5.88. The summed E-state index contributed by atoms with van der Waals surface area (Å²) in [4.78, 5) is 24.2. The number of rotatable bonds is 5. The summed E-state index contributed by atoms with van der Waals surface area (Å²) in [7, 11) is 0. The van der Waals surface area contributed by atoms with Gasteiger partial charge in [-0.1, -0.05) is 47.5 Å². The van der Waals surface area contributed by atoms with Crippen molar-refractivity contribution in [1.29, 1.82) is 0 Å². The van der Waals surface area contributed by atoms with Crippen LogP contribution in [0.4, 0.5) is 5.69 Å². The molecule has 0 aliphatic rings. The van der Waals surface area contributed by atoms with Crippen LogP contribution >= 0.6 is 0 Å². The normalized spacial score (nSPS) is 10.4. The average molecular weight is 309 g/mol. The van der Waals surface area contributed by atoms with Gasteiger partial charge in [-0.3, -0.25) is 9.59 Å². The van der Waals surface area contributed by atoms with E-state index in [4.69, 9.17) is 0 Å². The highest BCUT2D eigenvalue weighted by Crippen LogP contribution is 2.22. The van der Waals surface area contributed by atoms with E-state index >= 15 is 0 Å². The van der Waals surface area contributed by atoms with Crippen molar-refractivity contribution < 1.29 is 9.59 Å². The number of hydrogen-bond donors (Lipinski definition) is 1.